The average molecular weight is 486 g/mol. The Kier molecular flexibility index (Phi) is 7.40. The third-order valence-corrected chi connectivity index (χ3v) is 6.71. The summed E-state index contributed by atoms with van der Waals surface area (Å²) in [6, 6.07) is 11.1. The van der Waals surface area contributed by atoms with Crippen LogP contribution in [0, 0.1) is 0 Å². The summed E-state index contributed by atoms with van der Waals surface area (Å²) in [6.45, 7) is -0.0859. The maximum Gasteiger partial charge on any atom is 0.336 e. The van der Waals surface area contributed by atoms with Crippen LogP contribution < -0.4 is 10.9 Å². The van der Waals surface area contributed by atoms with Crippen molar-refractivity contribution in [3.05, 3.63) is 80.2 Å². The summed E-state index contributed by atoms with van der Waals surface area (Å²) in [6.07, 6.45) is 5.35. The maximum absolute atomic E-state index is 12.9. The molecule has 1 N–H and O–H groups in total. The largest absolute Gasteiger partial charge is 0.459 e. The van der Waals surface area contributed by atoms with Gasteiger partial charge < -0.3 is 14.5 Å². The average Bonchev–Trinajstić information content (AvgIpc) is 3.26. The van der Waals surface area contributed by atoms with Crippen molar-refractivity contribution in [2.24, 2.45) is 0 Å². The number of amides is 1. The van der Waals surface area contributed by atoms with Gasteiger partial charge in [-0.25, -0.2) is 9.59 Å². The van der Waals surface area contributed by atoms with Gasteiger partial charge in [-0.2, -0.15) is 11.8 Å². The Balaban J connectivity index is 1.51. The molecule has 6 nitrogen and oxygen atoms in total. The van der Waals surface area contributed by atoms with Crippen molar-refractivity contribution in [2.75, 3.05) is 12.0 Å². The number of hydrogen-bond donors (Lipinski definition) is 1. The van der Waals surface area contributed by atoms with Gasteiger partial charge >= 0.3 is 11.6 Å². The van der Waals surface area contributed by atoms with E-state index in [2.05, 4.69) is 5.32 Å². The SMILES string of the molecule is CSCC[C@H](NC(=O)c1ccccc1Cl)C(=O)OCc1cc(=O)oc2cc3c(cc12)CCC3. The topological polar surface area (TPSA) is 85.6 Å². The molecule has 1 aromatic heterocycles. The molecule has 1 aliphatic rings. The van der Waals surface area contributed by atoms with Crippen molar-refractivity contribution in [3.63, 3.8) is 0 Å². The van der Waals surface area contributed by atoms with E-state index in [0.29, 0.717) is 33.9 Å². The molecule has 1 atom stereocenters. The number of ether oxygens (including phenoxy) is 1. The lowest BCUT2D eigenvalue weighted by Crippen LogP contribution is -2.42. The highest BCUT2D eigenvalue weighted by atomic mass is 35.5. The summed E-state index contributed by atoms with van der Waals surface area (Å²) < 4.78 is 10.9. The van der Waals surface area contributed by atoms with Crippen molar-refractivity contribution < 1.29 is 18.7 Å². The Bertz CT molecular complexity index is 1260. The predicted molar refractivity (Wildman–Crippen MR) is 130 cm³/mol. The minimum absolute atomic E-state index is 0.0859. The third kappa shape index (κ3) is 5.42. The zero-order valence-corrected chi connectivity index (χ0v) is 19.8. The van der Waals surface area contributed by atoms with Gasteiger partial charge in [-0.15, -0.1) is 0 Å². The second kappa shape index (κ2) is 10.4. The van der Waals surface area contributed by atoms with Gasteiger partial charge in [0, 0.05) is 17.0 Å². The first-order valence-electron chi connectivity index (χ1n) is 10.8. The summed E-state index contributed by atoms with van der Waals surface area (Å²) in [5.41, 5.74) is 3.32. The van der Waals surface area contributed by atoms with Crippen LogP contribution >= 0.6 is 23.4 Å². The van der Waals surface area contributed by atoms with Crippen LogP contribution in [0.5, 0.6) is 0 Å². The lowest BCUT2D eigenvalue weighted by Gasteiger charge is -2.18. The molecule has 33 heavy (non-hydrogen) atoms. The first kappa shape index (κ1) is 23.4. The summed E-state index contributed by atoms with van der Waals surface area (Å²) in [4.78, 5) is 37.7. The summed E-state index contributed by atoms with van der Waals surface area (Å²) in [5.74, 6) is -0.343. The van der Waals surface area contributed by atoms with Gasteiger partial charge in [0.15, 0.2) is 0 Å². The first-order chi connectivity index (χ1) is 16.0. The van der Waals surface area contributed by atoms with Crippen LogP contribution in [0.15, 0.2) is 51.7 Å². The standard InChI is InChI=1S/C25H24ClNO5S/c1-33-10-9-21(27-24(29)18-7-2-3-8-20(18)26)25(30)31-14-17-13-23(28)32-22-12-16-6-4-5-15(16)11-19(17)22/h2-3,7-8,11-13,21H,4-6,9-10,14H2,1H3,(H,27,29)/t21-/m0/s1. The highest BCUT2D eigenvalue weighted by molar-refractivity contribution is 7.98. The number of nitrogens with one attached hydrogen (secondary N) is 1. The van der Waals surface area contributed by atoms with E-state index in [-0.39, 0.29) is 6.61 Å². The lowest BCUT2D eigenvalue weighted by atomic mass is 10.0. The van der Waals surface area contributed by atoms with E-state index < -0.39 is 23.5 Å². The zero-order valence-electron chi connectivity index (χ0n) is 18.2. The summed E-state index contributed by atoms with van der Waals surface area (Å²) in [5, 5.41) is 3.81. The monoisotopic (exact) mass is 485 g/mol. The number of thioether (sulfide) groups is 1. The quantitative estimate of drug-likeness (QED) is 0.372. The van der Waals surface area contributed by atoms with Crippen LogP contribution in [0.3, 0.4) is 0 Å². The Morgan fingerprint density at radius 1 is 1.18 bits per heavy atom. The van der Waals surface area contributed by atoms with E-state index in [1.807, 2.05) is 18.4 Å². The summed E-state index contributed by atoms with van der Waals surface area (Å²) >= 11 is 7.68. The number of benzene rings is 2. The molecule has 1 amide bonds. The van der Waals surface area contributed by atoms with E-state index in [9.17, 15) is 14.4 Å². The highest BCUT2D eigenvalue weighted by Gasteiger charge is 2.24. The maximum atomic E-state index is 12.9. The van der Waals surface area contributed by atoms with E-state index in [4.69, 9.17) is 20.8 Å². The highest BCUT2D eigenvalue weighted by Crippen LogP contribution is 2.29. The predicted octanol–water partition coefficient (Wildman–Crippen LogP) is 4.53. The van der Waals surface area contributed by atoms with E-state index in [1.54, 1.807) is 36.0 Å². The lowest BCUT2D eigenvalue weighted by molar-refractivity contribution is -0.147. The number of fused-ring (bicyclic) bond motifs is 2. The number of aryl methyl sites for hydroxylation is 2. The van der Waals surface area contributed by atoms with Crippen LogP contribution in [-0.4, -0.2) is 29.9 Å². The van der Waals surface area contributed by atoms with Crippen molar-refractivity contribution in [1.82, 2.24) is 5.32 Å². The van der Waals surface area contributed by atoms with Gasteiger partial charge in [0.1, 0.15) is 18.2 Å². The number of esters is 1. The van der Waals surface area contributed by atoms with Crippen molar-refractivity contribution in [1.29, 1.82) is 0 Å². The van der Waals surface area contributed by atoms with E-state index >= 15 is 0 Å². The molecule has 0 unspecified atom stereocenters. The smallest absolute Gasteiger partial charge is 0.336 e. The summed E-state index contributed by atoms with van der Waals surface area (Å²) in [7, 11) is 0. The molecule has 0 bridgehead atoms. The normalized spacial score (nSPS) is 13.5. The number of carbonyl (C=O) groups excluding carboxylic acids is 2. The van der Waals surface area contributed by atoms with Gasteiger partial charge in [0.05, 0.1) is 10.6 Å². The van der Waals surface area contributed by atoms with E-state index in [0.717, 1.165) is 24.6 Å². The van der Waals surface area contributed by atoms with Crippen LogP contribution in [0.4, 0.5) is 0 Å². The second-order valence-electron chi connectivity index (χ2n) is 7.96. The van der Waals surface area contributed by atoms with Gasteiger partial charge in [-0.05, 0) is 73.1 Å². The number of hydrogen-bond acceptors (Lipinski definition) is 6. The Hall–Kier alpha value is -2.77. The van der Waals surface area contributed by atoms with Gasteiger partial charge in [-0.1, -0.05) is 23.7 Å². The van der Waals surface area contributed by atoms with Crippen molar-refractivity contribution in [2.45, 2.75) is 38.3 Å². The van der Waals surface area contributed by atoms with E-state index in [1.165, 1.54) is 17.2 Å². The molecule has 0 spiro atoms. The van der Waals surface area contributed by atoms with Gasteiger partial charge in [0.25, 0.3) is 5.91 Å². The van der Waals surface area contributed by atoms with Gasteiger partial charge in [-0.3, -0.25) is 4.79 Å². The fraction of sp³-hybridized carbons (Fsp3) is 0.320. The van der Waals surface area contributed by atoms with Gasteiger partial charge in [0.2, 0.25) is 0 Å². The molecule has 8 heteroatoms. The number of halogens is 1. The zero-order chi connectivity index (χ0) is 23.4. The van der Waals surface area contributed by atoms with Crippen LogP contribution in [-0.2, 0) is 29.0 Å². The molecule has 0 saturated heterocycles. The molecule has 3 aromatic rings. The Morgan fingerprint density at radius 2 is 1.94 bits per heavy atom. The minimum atomic E-state index is -0.836. The third-order valence-electron chi connectivity index (χ3n) is 5.73. The van der Waals surface area contributed by atoms with Crippen molar-refractivity contribution >= 4 is 46.2 Å². The molecule has 0 fully saturated rings. The number of carbonyl (C=O) groups is 2. The van der Waals surface area contributed by atoms with Crippen LogP contribution in [0.25, 0.3) is 11.0 Å². The fourth-order valence-electron chi connectivity index (χ4n) is 4.03. The van der Waals surface area contributed by atoms with Crippen LogP contribution in [0.2, 0.25) is 5.02 Å². The minimum Gasteiger partial charge on any atom is -0.459 e. The Morgan fingerprint density at radius 3 is 2.70 bits per heavy atom. The molecule has 0 radical (unpaired) electrons. The van der Waals surface area contributed by atoms with Crippen LogP contribution in [0.1, 0.15) is 39.9 Å². The molecule has 1 aliphatic carbocycles. The van der Waals surface area contributed by atoms with Crippen molar-refractivity contribution in [3.8, 4) is 0 Å². The molecular formula is C25H24ClNO5S. The fourth-order valence-corrected chi connectivity index (χ4v) is 4.72. The Labute approximate surface area is 200 Å². The molecular weight excluding hydrogens is 462 g/mol. The first-order valence-corrected chi connectivity index (χ1v) is 12.5. The molecule has 0 saturated carbocycles. The second-order valence-corrected chi connectivity index (χ2v) is 9.35. The molecule has 4 rings (SSSR count). The number of rotatable bonds is 8. The molecule has 1 heterocycles. The molecule has 172 valence electrons. The molecule has 0 aliphatic heterocycles. The molecule has 2 aromatic carbocycles.